The number of hydrogen-bond donors (Lipinski definition) is 3. The monoisotopic (exact) mass is 639 g/mol. The first-order chi connectivity index (χ1) is 20.4. The Morgan fingerprint density at radius 1 is 0.956 bits per heavy atom. The van der Waals surface area contributed by atoms with E-state index in [1.54, 1.807) is 41.5 Å². The van der Waals surface area contributed by atoms with Gasteiger partial charge in [0, 0.05) is 19.0 Å². The minimum Gasteiger partial charge on any atom is -0.479 e. The van der Waals surface area contributed by atoms with Crippen LogP contribution in [0.2, 0.25) is 6.32 Å². The van der Waals surface area contributed by atoms with E-state index in [1.165, 1.54) is 4.90 Å². The summed E-state index contributed by atoms with van der Waals surface area (Å²) in [5.74, 6) is -1.49. The fraction of sp³-hybridized carbons (Fsp3) is 0.875. The standard InChI is InChI=1S/C32H58BN3O9/c1-21(2)19-23(35-26(40)42-28(3,4)5)24(37)34-22-15-18-36(27(41)43-29(6,7)8)32(20-22,25(38)39)16-13-14-17-33-44-30(9,10)31(11,12)45-33/h21-23H,13-20H2,1-12H3,(H,34,37)(H,35,40)(H,38,39)/t22?,23-,32?/m0/s1. The molecular weight excluding hydrogens is 581 g/mol. The molecule has 0 bridgehead atoms. The van der Waals surface area contributed by atoms with Gasteiger partial charge in [0.05, 0.1) is 11.2 Å². The van der Waals surface area contributed by atoms with Crippen molar-refractivity contribution >= 4 is 31.2 Å². The molecule has 2 heterocycles. The van der Waals surface area contributed by atoms with Crippen molar-refractivity contribution < 1.29 is 43.1 Å². The van der Waals surface area contributed by atoms with Crippen molar-refractivity contribution in [1.82, 2.24) is 15.5 Å². The third kappa shape index (κ3) is 11.0. The quantitative estimate of drug-likeness (QED) is 0.196. The molecule has 45 heavy (non-hydrogen) atoms. The zero-order valence-corrected chi connectivity index (χ0v) is 29.6. The number of hydrogen-bond acceptors (Lipinski definition) is 8. The number of alkyl carbamates (subject to hydrolysis) is 1. The first-order valence-corrected chi connectivity index (χ1v) is 16.3. The Balaban J connectivity index is 2.23. The summed E-state index contributed by atoms with van der Waals surface area (Å²) < 4.78 is 23.2. The van der Waals surface area contributed by atoms with Gasteiger partial charge in [0.15, 0.2) is 0 Å². The second kappa shape index (κ2) is 14.5. The smallest absolute Gasteiger partial charge is 0.457 e. The van der Waals surface area contributed by atoms with Crippen LogP contribution < -0.4 is 10.6 Å². The highest BCUT2D eigenvalue weighted by Crippen LogP contribution is 2.39. The summed E-state index contributed by atoms with van der Waals surface area (Å²) in [5.41, 5.74) is -4.09. The lowest BCUT2D eigenvalue weighted by atomic mass is 9.77. The first-order valence-electron chi connectivity index (χ1n) is 16.3. The number of ether oxygens (including phenoxy) is 2. The van der Waals surface area contributed by atoms with Gasteiger partial charge in [0.25, 0.3) is 0 Å². The molecule has 2 fully saturated rings. The fourth-order valence-corrected chi connectivity index (χ4v) is 5.64. The summed E-state index contributed by atoms with van der Waals surface area (Å²) in [5, 5.41) is 16.3. The molecular formula is C32H58BN3O9. The number of unbranched alkanes of at least 4 members (excludes halogenated alkanes) is 1. The molecule has 0 spiro atoms. The number of carbonyl (C=O) groups excluding carboxylic acids is 3. The molecule has 258 valence electrons. The van der Waals surface area contributed by atoms with Gasteiger partial charge in [-0.3, -0.25) is 9.69 Å². The van der Waals surface area contributed by atoms with Crippen molar-refractivity contribution in [3.8, 4) is 0 Å². The molecule has 0 aromatic carbocycles. The van der Waals surface area contributed by atoms with E-state index in [0.29, 0.717) is 32.0 Å². The van der Waals surface area contributed by atoms with E-state index in [-0.39, 0.29) is 25.3 Å². The Morgan fingerprint density at radius 3 is 2.00 bits per heavy atom. The van der Waals surface area contributed by atoms with E-state index in [1.807, 2.05) is 41.5 Å². The molecule has 3 atom stereocenters. The van der Waals surface area contributed by atoms with E-state index in [0.717, 1.165) is 0 Å². The Bertz CT molecular complexity index is 1050. The van der Waals surface area contributed by atoms with E-state index in [4.69, 9.17) is 18.8 Å². The third-order valence-corrected chi connectivity index (χ3v) is 8.46. The van der Waals surface area contributed by atoms with Crippen LogP contribution in [0, 0.1) is 5.92 Å². The maximum absolute atomic E-state index is 13.5. The van der Waals surface area contributed by atoms with Crippen LogP contribution in [0.5, 0.6) is 0 Å². The highest BCUT2D eigenvalue weighted by molar-refractivity contribution is 6.45. The highest BCUT2D eigenvalue weighted by Gasteiger charge is 2.53. The molecule has 2 unspecified atom stereocenters. The molecule has 13 heteroatoms. The second-order valence-corrected chi connectivity index (χ2v) is 15.9. The molecule has 2 rings (SSSR count). The van der Waals surface area contributed by atoms with Gasteiger partial charge < -0.3 is 34.5 Å². The molecule has 2 aliphatic rings. The van der Waals surface area contributed by atoms with Crippen molar-refractivity contribution in [1.29, 1.82) is 0 Å². The zero-order valence-electron chi connectivity index (χ0n) is 29.6. The SMILES string of the molecule is CC(C)C[C@H](NC(=O)OC(C)(C)C)C(=O)NC1CCN(C(=O)OC(C)(C)C)C(CCCCB2OC(C)(C)C(C)(C)O2)(C(=O)O)C1. The predicted molar refractivity (Wildman–Crippen MR) is 172 cm³/mol. The van der Waals surface area contributed by atoms with Crippen molar-refractivity contribution in [3.63, 3.8) is 0 Å². The average Bonchev–Trinajstić information content (AvgIpc) is 3.04. The van der Waals surface area contributed by atoms with E-state index in [2.05, 4.69) is 10.6 Å². The number of likely N-dealkylation sites (tertiary alicyclic amines) is 1. The lowest BCUT2D eigenvalue weighted by molar-refractivity contribution is -0.155. The molecule has 0 aromatic rings. The summed E-state index contributed by atoms with van der Waals surface area (Å²) in [6.45, 7) is 22.3. The van der Waals surface area contributed by atoms with Crippen LogP contribution in [0.15, 0.2) is 0 Å². The summed E-state index contributed by atoms with van der Waals surface area (Å²) in [6.07, 6.45) is 1.09. The van der Waals surface area contributed by atoms with Crippen LogP contribution in [-0.2, 0) is 28.4 Å². The van der Waals surface area contributed by atoms with E-state index >= 15 is 0 Å². The summed E-state index contributed by atoms with van der Waals surface area (Å²) in [4.78, 5) is 53.8. The Hall–Kier alpha value is -2.54. The van der Waals surface area contributed by atoms with Gasteiger partial charge in [-0.25, -0.2) is 14.4 Å². The topological polar surface area (TPSA) is 153 Å². The molecule has 0 saturated carbocycles. The van der Waals surface area contributed by atoms with Gasteiger partial charge in [-0.1, -0.05) is 26.7 Å². The number of carboxylic acids is 1. The number of amides is 3. The summed E-state index contributed by atoms with van der Waals surface area (Å²) >= 11 is 0. The average molecular weight is 640 g/mol. The van der Waals surface area contributed by atoms with Gasteiger partial charge in [-0.05, 0) is 101 Å². The zero-order chi connectivity index (χ0) is 34.6. The normalized spacial score (nSPS) is 23.8. The first kappa shape index (κ1) is 38.6. The molecule has 3 N–H and O–H groups in total. The minimum absolute atomic E-state index is 0.00928. The highest BCUT2D eigenvalue weighted by atomic mass is 16.7. The second-order valence-electron chi connectivity index (χ2n) is 15.9. The number of aliphatic carboxylic acids is 1. The van der Waals surface area contributed by atoms with E-state index in [9.17, 15) is 24.3 Å². The number of carbonyl (C=O) groups is 4. The molecule has 2 saturated heterocycles. The maximum Gasteiger partial charge on any atom is 0.457 e. The van der Waals surface area contributed by atoms with Gasteiger partial charge in [0.1, 0.15) is 22.8 Å². The molecule has 2 aliphatic heterocycles. The number of piperidine rings is 1. The molecule has 0 aromatic heterocycles. The van der Waals surface area contributed by atoms with Crippen molar-refractivity contribution in [2.24, 2.45) is 5.92 Å². The minimum atomic E-state index is -1.61. The van der Waals surface area contributed by atoms with Crippen LogP contribution in [0.3, 0.4) is 0 Å². The number of rotatable bonds is 11. The lowest BCUT2D eigenvalue weighted by Crippen LogP contribution is -2.65. The van der Waals surface area contributed by atoms with Crippen molar-refractivity contribution in [2.75, 3.05) is 6.54 Å². The lowest BCUT2D eigenvalue weighted by Gasteiger charge is -2.47. The van der Waals surface area contributed by atoms with Crippen molar-refractivity contribution in [3.05, 3.63) is 0 Å². The van der Waals surface area contributed by atoms with Gasteiger partial charge >= 0.3 is 25.3 Å². The molecule has 0 aliphatic carbocycles. The van der Waals surface area contributed by atoms with Gasteiger partial charge in [-0.2, -0.15) is 0 Å². The third-order valence-electron chi connectivity index (χ3n) is 8.46. The number of nitrogens with one attached hydrogen (secondary N) is 2. The summed E-state index contributed by atoms with van der Waals surface area (Å²) in [7, 11) is -0.411. The Kier molecular flexibility index (Phi) is 12.4. The largest absolute Gasteiger partial charge is 0.479 e. The van der Waals surface area contributed by atoms with Gasteiger partial charge in [0.2, 0.25) is 5.91 Å². The van der Waals surface area contributed by atoms with Gasteiger partial charge in [-0.15, -0.1) is 0 Å². The molecule has 0 radical (unpaired) electrons. The number of carboxylic acid groups (broad SMARTS) is 1. The molecule has 12 nitrogen and oxygen atoms in total. The van der Waals surface area contributed by atoms with Crippen LogP contribution in [-0.4, -0.2) is 87.8 Å². The summed E-state index contributed by atoms with van der Waals surface area (Å²) in [6, 6.07) is -1.42. The van der Waals surface area contributed by atoms with Crippen molar-refractivity contribution in [2.45, 2.75) is 168 Å². The Morgan fingerprint density at radius 2 is 1.51 bits per heavy atom. The van der Waals surface area contributed by atoms with Crippen LogP contribution in [0.4, 0.5) is 9.59 Å². The maximum atomic E-state index is 13.5. The van der Waals surface area contributed by atoms with Crippen LogP contribution in [0.25, 0.3) is 0 Å². The van der Waals surface area contributed by atoms with Crippen LogP contribution in [0.1, 0.15) is 122 Å². The van der Waals surface area contributed by atoms with Crippen LogP contribution >= 0.6 is 0 Å². The fourth-order valence-electron chi connectivity index (χ4n) is 5.64. The van der Waals surface area contributed by atoms with E-state index < -0.39 is 71.2 Å². The predicted octanol–water partition coefficient (Wildman–Crippen LogP) is 5.53. The molecule has 3 amide bonds. The number of nitrogens with zero attached hydrogens (tertiary/aromatic N) is 1. The Labute approximate surface area is 270 Å².